The number of fused-ring (bicyclic) bond motifs is 1. The minimum atomic E-state index is -0.882. The Morgan fingerprint density at radius 2 is 2.00 bits per heavy atom. The number of nitrogens with zero attached hydrogens (tertiary/aromatic N) is 2. The maximum absolute atomic E-state index is 12.4. The molecule has 20 heavy (non-hydrogen) atoms. The van der Waals surface area contributed by atoms with Crippen molar-refractivity contribution in [3.05, 3.63) is 29.3 Å². The van der Waals surface area contributed by atoms with Gasteiger partial charge in [0.1, 0.15) is 0 Å². The Bertz CT molecular complexity index is 565. The highest BCUT2D eigenvalue weighted by atomic mass is 16.4. The summed E-state index contributed by atoms with van der Waals surface area (Å²) in [7, 11) is 0. The fourth-order valence-electron chi connectivity index (χ4n) is 3.03. The third-order valence-corrected chi connectivity index (χ3v) is 4.14. The molecular weight excluding hydrogens is 258 g/mol. The summed E-state index contributed by atoms with van der Waals surface area (Å²) in [6, 6.07) is 5.48. The monoisotopic (exact) mass is 275 g/mol. The number of rotatable bonds is 1. The van der Waals surface area contributed by atoms with E-state index in [2.05, 4.69) is 0 Å². The lowest BCUT2D eigenvalue weighted by Crippen LogP contribution is -2.46. The minimum Gasteiger partial charge on any atom is -0.465 e. The maximum Gasteiger partial charge on any atom is 0.407 e. The Kier molecular flexibility index (Phi) is 3.00. The highest BCUT2D eigenvalue weighted by Crippen LogP contribution is 2.29. The third kappa shape index (κ3) is 2.07. The largest absolute Gasteiger partial charge is 0.465 e. The molecule has 2 heterocycles. The molecule has 6 nitrogen and oxygen atoms in total. The Morgan fingerprint density at radius 1 is 1.30 bits per heavy atom. The van der Waals surface area contributed by atoms with Crippen LogP contribution in [0.2, 0.25) is 0 Å². The zero-order chi connectivity index (χ0) is 14.3. The van der Waals surface area contributed by atoms with Crippen LogP contribution in [0.25, 0.3) is 0 Å². The van der Waals surface area contributed by atoms with Gasteiger partial charge in [0, 0.05) is 36.9 Å². The molecule has 2 aliphatic rings. The van der Waals surface area contributed by atoms with E-state index in [9.17, 15) is 9.59 Å². The molecule has 1 fully saturated rings. The fraction of sp³-hybridized carbons (Fsp3) is 0.429. The van der Waals surface area contributed by atoms with E-state index in [1.54, 1.807) is 12.1 Å². The van der Waals surface area contributed by atoms with Crippen molar-refractivity contribution in [3.8, 4) is 0 Å². The summed E-state index contributed by atoms with van der Waals surface area (Å²) in [5.41, 5.74) is 8.11. The van der Waals surface area contributed by atoms with Crippen molar-refractivity contribution in [2.75, 3.05) is 18.8 Å². The number of carboxylic acid groups (broad SMARTS) is 1. The number of nitrogens with two attached hydrogens (primary N) is 1. The summed E-state index contributed by atoms with van der Waals surface area (Å²) >= 11 is 0. The average Bonchev–Trinajstić information content (AvgIpc) is 2.75. The molecule has 0 aliphatic carbocycles. The molecule has 6 heteroatoms. The molecule has 1 saturated heterocycles. The van der Waals surface area contributed by atoms with Crippen molar-refractivity contribution in [2.24, 2.45) is 0 Å². The number of carbonyl (C=O) groups excluding carboxylic acids is 1. The van der Waals surface area contributed by atoms with Crippen molar-refractivity contribution in [3.63, 3.8) is 0 Å². The van der Waals surface area contributed by atoms with Gasteiger partial charge in [-0.1, -0.05) is 0 Å². The summed E-state index contributed by atoms with van der Waals surface area (Å²) in [5.74, 6) is 0.0359. The number of likely N-dealkylation sites (tertiary alicyclic amines) is 1. The molecular formula is C14H17N3O3. The van der Waals surface area contributed by atoms with Crippen molar-refractivity contribution >= 4 is 17.7 Å². The molecule has 0 spiro atoms. The van der Waals surface area contributed by atoms with Crippen molar-refractivity contribution in [2.45, 2.75) is 25.4 Å². The van der Waals surface area contributed by atoms with Crippen LogP contribution >= 0.6 is 0 Å². The Balaban J connectivity index is 1.72. The quantitative estimate of drug-likeness (QED) is 0.758. The van der Waals surface area contributed by atoms with Gasteiger partial charge in [-0.15, -0.1) is 0 Å². The van der Waals surface area contributed by atoms with Crippen molar-refractivity contribution < 1.29 is 14.7 Å². The molecule has 3 N–H and O–H groups in total. The van der Waals surface area contributed by atoms with E-state index in [1.807, 2.05) is 11.0 Å². The van der Waals surface area contributed by atoms with Gasteiger partial charge in [0.05, 0.1) is 0 Å². The molecule has 0 aromatic heterocycles. The Hall–Kier alpha value is -2.24. The zero-order valence-corrected chi connectivity index (χ0v) is 11.1. The summed E-state index contributed by atoms with van der Waals surface area (Å²) in [4.78, 5) is 26.5. The van der Waals surface area contributed by atoms with Crippen LogP contribution < -0.4 is 5.73 Å². The second-order valence-electron chi connectivity index (χ2n) is 5.35. The second kappa shape index (κ2) is 4.70. The lowest BCUT2D eigenvalue weighted by atomic mass is 10.0. The van der Waals surface area contributed by atoms with Crippen LogP contribution in [0.3, 0.4) is 0 Å². The number of hydrogen-bond acceptors (Lipinski definition) is 3. The van der Waals surface area contributed by atoms with Crippen LogP contribution in [-0.2, 0) is 6.54 Å². The minimum absolute atomic E-state index is 0.0359. The first-order valence-electron chi connectivity index (χ1n) is 6.73. The smallest absolute Gasteiger partial charge is 0.407 e. The molecule has 106 valence electrons. The number of carbonyl (C=O) groups is 2. The molecule has 0 saturated carbocycles. The summed E-state index contributed by atoms with van der Waals surface area (Å²) in [6.45, 7) is 1.56. The van der Waals surface area contributed by atoms with E-state index in [1.165, 1.54) is 4.90 Å². The van der Waals surface area contributed by atoms with E-state index in [-0.39, 0.29) is 11.9 Å². The van der Waals surface area contributed by atoms with Gasteiger partial charge in [0.2, 0.25) is 0 Å². The van der Waals surface area contributed by atoms with Crippen LogP contribution in [0, 0.1) is 0 Å². The van der Waals surface area contributed by atoms with Crippen molar-refractivity contribution in [1.29, 1.82) is 0 Å². The summed E-state index contributed by atoms with van der Waals surface area (Å²) in [6.07, 6.45) is 0.510. The van der Waals surface area contributed by atoms with Gasteiger partial charge in [-0.3, -0.25) is 4.79 Å². The molecule has 1 aromatic carbocycles. The first-order valence-corrected chi connectivity index (χ1v) is 6.73. The van der Waals surface area contributed by atoms with Crippen LogP contribution in [0.5, 0.6) is 0 Å². The number of piperidine rings is 1. The molecule has 0 atom stereocenters. The van der Waals surface area contributed by atoms with E-state index >= 15 is 0 Å². The Labute approximate surface area is 116 Å². The molecule has 0 radical (unpaired) electrons. The zero-order valence-electron chi connectivity index (χ0n) is 11.1. The molecule has 3 rings (SSSR count). The summed E-state index contributed by atoms with van der Waals surface area (Å²) in [5, 5.41) is 8.95. The van der Waals surface area contributed by atoms with E-state index in [4.69, 9.17) is 10.8 Å². The van der Waals surface area contributed by atoms with Gasteiger partial charge >= 0.3 is 6.09 Å². The van der Waals surface area contributed by atoms with E-state index in [0.29, 0.717) is 38.2 Å². The molecule has 0 bridgehead atoms. The summed E-state index contributed by atoms with van der Waals surface area (Å²) < 4.78 is 0. The number of hydrogen-bond donors (Lipinski definition) is 2. The number of anilines is 1. The third-order valence-electron chi connectivity index (χ3n) is 4.14. The predicted octanol–water partition coefficient (Wildman–Crippen LogP) is 1.37. The van der Waals surface area contributed by atoms with Gasteiger partial charge in [-0.05, 0) is 36.6 Å². The van der Waals surface area contributed by atoms with E-state index in [0.717, 1.165) is 11.1 Å². The SMILES string of the molecule is Nc1ccc2c(c1)CN(C1CCN(C(=O)O)CC1)C2=O. The molecule has 2 aliphatic heterocycles. The first-order chi connectivity index (χ1) is 9.56. The molecule has 2 amide bonds. The lowest BCUT2D eigenvalue weighted by molar-refractivity contribution is 0.0597. The van der Waals surface area contributed by atoms with Gasteiger partial charge in [0.25, 0.3) is 5.91 Å². The maximum atomic E-state index is 12.4. The normalized spacial score (nSPS) is 19.3. The van der Waals surface area contributed by atoms with Gasteiger partial charge in [-0.2, -0.15) is 0 Å². The topological polar surface area (TPSA) is 86.9 Å². The highest BCUT2D eigenvalue weighted by Gasteiger charge is 2.35. The molecule has 1 aromatic rings. The van der Waals surface area contributed by atoms with Crippen LogP contribution in [0.15, 0.2) is 18.2 Å². The number of amides is 2. The predicted molar refractivity (Wildman–Crippen MR) is 73.3 cm³/mol. The molecule has 0 unspecified atom stereocenters. The van der Waals surface area contributed by atoms with Gasteiger partial charge in [-0.25, -0.2) is 4.79 Å². The van der Waals surface area contributed by atoms with Gasteiger partial charge in [0.15, 0.2) is 0 Å². The Morgan fingerprint density at radius 3 is 2.65 bits per heavy atom. The van der Waals surface area contributed by atoms with Gasteiger partial charge < -0.3 is 20.6 Å². The lowest BCUT2D eigenvalue weighted by Gasteiger charge is -2.35. The first kappa shape index (κ1) is 12.8. The average molecular weight is 275 g/mol. The van der Waals surface area contributed by atoms with Crippen LogP contribution in [0.1, 0.15) is 28.8 Å². The van der Waals surface area contributed by atoms with Crippen LogP contribution in [-0.4, -0.2) is 46.0 Å². The highest BCUT2D eigenvalue weighted by molar-refractivity contribution is 5.99. The number of nitrogen functional groups attached to an aromatic ring is 1. The van der Waals surface area contributed by atoms with E-state index < -0.39 is 6.09 Å². The van der Waals surface area contributed by atoms with Crippen molar-refractivity contribution in [1.82, 2.24) is 9.80 Å². The fourth-order valence-corrected chi connectivity index (χ4v) is 3.03. The van der Waals surface area contributed by atoms with Crippen LogP contribution in [0.4, 0.5) is 10.5 Å². The second-order valence-corrected chi connectivity index (χ2v) is 5.35. The standard InChI is InChI=1S/C14H17N3O3/c15-10-1-2-12-9(7-10)8-17(13(12)18)11-3-5-16(6-4-11)14(19)20/h1-2,7,11H,3-6,8,15H2,(H,19,20). The number of benzene rings is 1.